The van der Waals surface area contributed by atoms with E-state index in [1.807, 2.05) is 6.07 Å². The van der Waals surface area contributed by atoms with Crippen LogP contribution in [-0.2, 0) is 4.74 Å². The third-order valence-electron chi connectivity index (χ3n) is 3.91. The molecule has 0 N–H and O–H groups in total. The molecule has 0 aliphatic heterocycles. The summed E-state index contributed by atoms with van der Waals surface area (Å²) >= 11 is 0. The maximum absolute atomic E-state index is 12.6. The number of pyridine rings is 1. The molecular formula is C20H16F3NO3. The van der Waals surface area contributed by atoms with Gasteiger partial charge < -0.3 is 9.47 Å². The number of carbonyl (C=O) groups is 1. The van der Waals surface area contributed by atoms with Gasteiger partial charge in [-0.15, -0.1) is 13.2 Å². The summed E-state index contributed by atoms with van der Waals surface area (Å²) in [5.74, 6) is -0.960. The predicted octanol–water partition coefficient (Wildman–Crippen LogP) is 5.29. The molecule has 1 aromatic heterocycles. The van der Waals surface area contributed by atoms with Crippen molar-refractivity contribution in [2.24, 2.45) is 0 Å². The fourth-order valence-electron chi connectivity index (χ4n) is 2.92. The van der Waals surface area contributed by atoms with Crippen LogP contribution in [0.15, 0.2) is 48.5 Å². The molecule has 0 saturated carbocycles. The van der Waals surface area contributed by atoms with E-state index in [9.17, 15) is 18.0 Å². The molecule has 2 aromatic carbocycles. The van der Waals surface area contributed by atoms with Crippen LogP contribution in [0.3, 0.4) is 0 Å². The molecular weight excluding hydrogens is 359 g/mol. The van der Waals surface area contributed by atoms with Crippen molar-refractivity contribution in [2.75, 3.05) is 6.61 Å². The predicted molar refractivity (Wildman–Crippen MR) is 94.6 cm³/mol. The smallest absolute Gasteiger partial charge is 0.462 e. The number of alkyl halides is 3. The number of nitrogens with zero attached hydrogens (tertiary/aromatic N) is 1. The van der Waals surface area contributed by atoms with E-state index in [1.54, 1.807) is 38.1 Å². The van der Waals surface area contributed by atoms with Crippen LogP contribution < -0.4 is 4.74 Å². The molecule has 27 heavy (non-hydrogen) atoms. The van der Waals surface area contributed by atoms with Gasteiger partial charge in [-0.05, 0) is 37.6 Å². The van der Waals surface area contributed by atoms with E-state index in [4.69, 9.17) is 4.74 Å². The Labute approximate surface area is 153 Å². The van der Waals surface area contributed by atoms with Crippen LogP contribution in [0.4, 0.5) is 13.2 Å². The molecule has 0 aliphatic carbocycles. The summed E-state index contributed by atoms with van der Waals surface area (Å²) in [4.78, 5) is 16.9. The van der Waals surface area contributed by atoms with Crippen molar-refractivity contribution in [1.29, 1.82) is 0 Å². The highest BCUT2D eigenvalue weighted by Gasteiger charge is 2.31. The first-order valence-corrected chi connectivity index (χ1v) is 8.23. The molecule has 0 unspecified atom stereocenters. The molecule has 0 aliphatic rings. The van der Waals surface area contributed by atoms with Crippen LogP contribution >= 0.6 is 0 Å². The van der Waals surface area contributed by atoms with Crippen molar-refractivity contribution >= 4 is 16.9 Å². The SMILES string of the molecule is CCOC(=O)c1c(C)nc2ccc(OC(F)(F)F)cc2c1-c1ccccc1. The van der Waals surface area contributed by atoms with Gasteiger partial charge in [0.15, 0.2) is 0 Å². The molecule has 0 amide bonds. The summed E-state index contributed by atoms with van der Waals surface area (Å²) in [6.07, 6.45) is -4.82. The third kappa shape index (κ3) is 4.02. The molecule has 3 rings (SSSR count). The number of carbonyl (C=O) groups excluding carboxylic acids is 1. The Morgan fingerprint density at radius 2 is 1.81 bits per heavy atom. The van der Waals surface area contributed by atoms with Crippen LogP contribution in [0, 0.1) is 6.92 Å². The molecule has 7 heteroatoms. The van der Waals surface area contributed by atoms with E-state index in [0.717, 1.165) is 0 Å². The van der Waals surface area contributed by atoms with Crippen molar-refractivity contribution in [3.8, 4) is 16.9 Å². The van der Waals surface area contributed by atoms with Gasteiger partial charge >= 0.3 is 12.3 Å². The number of rotatable bonds is 4. The number of benzene rings is 2. The van der Waals surface area contributed by atoms with Gasteiger partial charge in [-0.25, -0.2) is 4.79 Å². The largest absolute Gasteiger partial charge is 0.573 e. The zero-order chi connectivity index (χ0) is 19.6. The molecule has 0 atom stereocenters. The van der Waals surface area contributed by atoms with Crippen LogP contribution in [0.1, 0.15) is 23.0 Å². The van der Waals surface area contributed by atoms with E-state index in [2.05, 4.69) is 9.72 Å². The zero-order valence-corrected chi connectivity index (χ0v) is 14.6. The van der Waals surface area contributed by atoms with E-state index >= 15 is 0 Å². The zero-order valence-electron chi connectivity index (χ0n) is 14.6. The summed E-state index contributed by atoms with van der Waals surface area (Å²) in [6.45, 7) is 3.51. The molecule has 0 bridgehead atoms. The summed E-state index contributed by atoms with van der Waals surface area (Å²) in [5, 5.41) is 0.372. The second-order valence-corrected chi connectivity index (χ2v) is 5.76. The lowest BCUT2D eigenvalue weighted by Gasteiger charge is -2.16. The van der Waals surface area contributed by atoms with E-state index in [-0.39, 0.29) is 17.9 Å². The normalized spacial score (nSPS) is 11.4. The maximum atomic E-state index is 12.6. The van der Waals surface area contributed by atoms with Gasteiger partial charge in [-0.1, -0.05) is 30.3 Å². The molecule has 0 spiro atoms. The lowest BCUT2D eigenvalue weighted by Crippen LogP contribution is -2.17. The summed E-state index contributed by atoms with van der Waals surface area (Å²) < 4.78 is 47.1. The lowest BCUT2D eigenvalue weighted by molar-refractivity contribution is -0.274. The molecule has 0 radical (unpaired) electrons. The fraction of sp³-hybridized carbons (Fsp3) is 0.200. The minimum atomic E-state index is -4.82. The average molecular weight is 375 g/mol. The van der Waals surface area contributed by atoms with Gasteiger partial charge in [0.25, 0.3) is 0 Å². The number of esters is 1. The summed E-state index contributed by atoms with van der Waals surface area (Å²) in [6, 6.07) is 12.8. The summed E-state index contributed by atoms with van der Waals surface area (Å²) in [7, 11) is 0. The van der Waals surface area contributed by atoms with E-state index in [0.29, 0.717) is 27.7 Å². The number of ether oxygens (including phenoxy) is 2. The van der Waals surface area contributed by atoms with Crippen LogP contribution in [-0.4, -0.2) is 23.9 Å². The van der Waals surface area contributed by atoms with Gasteiger partial charge in [0, 0.05) is 10.9 Å². The number of aromatic nitrogens is 1. The number of fused-ring (bicyclic) bond motifs is 1. The van der Waals surface area contributed by atoms with Gasteiger partial charge in [0.05, 0.1) is 23.4 Å². The van der Waals surface area contributed by atoms with Crippen molar-refractivity contribution in [2.45, 2.75) is 20.2 Å². The van der Waals surface area contributed by atoms with Gasteiger partial charge in [0.1, 0.15) is 5.75 Å². The molecule has 0 fully saturated rings. The molecule has 1 heterocycles. The van der Waals surface area contributed by atoms with Crippen LogP contribution in [0.2, 0.25) is 0 Å². The van der Waals surface area contributed by atoms with E-state index < -0.39 is 12.3 Å². The highest BCUT2D eigenvalue weighted by Crippen LogP contribution is 2.36. The highest BCUT2D eigenvalue weighted by molar-refractivity contribution is 6.08. The molecule has 140 valence electrons. The van der Waals surface area contributed by atoms with E-state index in [1.165, 1.54) is 18.2 Å². The minimum absolute atomic E-state index is 0.168. The summed E-state index contributed by atoms with van der Waals surface area (Å²) in [5.41, 5.74) is 2.24. The second kappa shape index (κ2) is 7.26. The average Bonchev–Trinajstić information content (AvgIpc) is 2.60. The Balaban J connectivity index is 2.33. The Morgan fingerprint density at radius 3 is 2.44 bits per heavy atom. The Hall–Kier alpha value is -3.09. The monoisotopic (exact) mass is 375 g/mol. The molecule has 0 saturated heterocycles. The first kappa shape index (κ1) is 18.7. The Bertz CT molecular complexity index is 985. The third-order valence-corrected chi connectivity index (χ3v) is 3.91. The van der Waals surface area contributed by atoms with Gasteiger partial charge in [0.2, 0.25) is 0 Å². The highest BCUT2D eigenvalue weighted by atomic mass is 19.4. The van der Waals surface area contributed by atoms with Crippen molar-refractivity contribution < 1.29 is 27.4 Å². The standard InChI is InChI=1S/C20H16F3NO3/c1-3-26-19(25)17-12(2)24-16-10-9-14(27-20(21,22)23)11-15(16)18(17)13-7-5-4-6-8-13/h4-11H,3H2,1-2H3. The first-order chi connectivity index (χ1) is 12.8. The number of hydrogen-bond acceptors (Lipinski definition) is 4. The number of halogens is 3. The van der Waals surface area contributed by atoms with Gasteiger partial charge in [-0.2, -0.15) is 0 Å². The van der Waals surface area contributed by atoms with Crippen LogP contribution in [0.25, 0.3) is 22.0 Å². The lowest BCUT2D eigenvalue weighted by atomic mass is 9.94. The fourth-order valence-corrected chi connectivity index (χ4v) is 2.92. The van der Waals surface area contributed by atoms with Crippen molar-refractivity contribution in [1.82, 2.24) is 4.98 Å². The molecule has 4 nitrogen and oxygen atoms in total. The van der Waals surface area contributed by atoms with Gasteiger partial charge in [-0.3, -0.25) is 4.98 Å². The topological polar surface area (TPSA) is 48.4 Å². The number of aryl methyl sites for hydroxylation is 1. The maximum Gasteiger partial charge on any atom is 0.573 e. The number of hydrogen-bond donors (Lipinski definition) is 0. The quantitative estimate of drug-likeness (QED) is 0.582. The molecule has 3 aromatic rings. The Kier molecular flexibility index (Phi) is 5.03. The second-order valence-electron chi connectivity index (χ2n) is 5.76. The first-order valence-electron chi connectivity index (χ1n) is 8.23. The Morgan fingerprint density at radius 1 is 1.11 bits per heavy atom. The van der Waals surface area contributed by atoms with Crippen LogP contribution in [0.5, 0.6) is 5.75 Å². The minimum Gasteiger partial charge on any atom is -0.462 e. The van der Waals surface area contributed by atoms with Crippen molar-refractivity contribution in [3.05, 3.63) is 59.8 Å². The van der Waals surface area contributed by atoms with Crippen molar-refractivity contribution in [3.63, 3.8) is 0 Å².